The maximum absolute atomic E-state index is 12.7. The Labute approximate surface area is 121 Å². The molecule has 0 spiro atoms. The van der Waals surface area contributed by atoms with Gasteiger partial charge in [0.05, 0.1) is 0 Å². The Bertz CT molecular complexity index is 524. The molecule has 1 aliphatic rings. The Kier molecular flexibility index (Phi) is 4.30. The predicted molar refractivity (Wildman–Crippen MR) is 71.7 cm³/mol. The number of nitrogens with zero attached hydrogens (tertiary/aromatic N) is 3. The molecule has 0 radical (unpaired) electrons. The molecule has 21 heavy (non-hydrogen) atoms. The molecule has 1 aromatic rings. The number of piperidine rings is 1. The second-order valence-electron chi connectivity index (χ2n) is 5.82. The van der Waals surface area contributed by atoms with Crippen molar-refractivity contribution >= 4 is 5.91 Å². The molecule has 0 N–H and O–H groups in total. The quantitative estimate of drug-likeness (QED) is 0.842. The third-order valence-electron chi connectivity index (χ3n) is 3.91. The molecule has 2 heterocycles. The SMILES string of the molecule is Cc1cc(C(F)(F)F)nn1[C@H](C)C(=O)N1CCC[C@@H](C)C1. The van der Waals surface area contributed by atoms with Crippen molar-refractivity contribution in [2.24, 2.45) is 5.92 Å². The number of alkyl halides is 3. The number of likely N-dealkylation sites (tertiary alicyclic amines) is 1. The van der Waals surface area contributed by atoms with Gasteiger partial charge in [0.2, 0.25) is 5.91 Å². The van der Waals surface area contributed by atoms with Crippen molar-refractivity contribution in [2.75, 3.05) is 13.1 Å². The largest absolute Gasteiger partial charge is 0.435 e. The minimum Gasteiger partial charge on any atom is -0.341 e. The summed E-state index contributed by atoms with van der Waals surface area (Å²) in [5.74, 6) is 0.265. The second-order valence-corrected chi connectivity index (χ2v) is 5.82. The van der Waals surface area contributed by atoms with E-state index in [1.807, 2.05) is 0 Å². The van der Waals surface area contributed by atoms with Gasteiger partial charge in [-0.1, -0.05) is 6.92 Å². The van der Waals surface area contributed by atoms with Gasteiger partial charge in [0, 0.05) is 18.8 Å². The lowest BCUT2D eigenvalue weighted by molar-refractivity contribution is -0.143. The van der Waals surface area contributed by atoms with Gasteiger partial charge < -0.3 is 4.90 Å². The topological polar surface area (TPSA) is 38.1 Å². The van der Waals surface area contributed by atoms with Crippen LogP contribution in [0.25, 0.3) is 0 Å². The van der Waals surface area contributed by atoms with Crippen LogP contribution in [0.5, 0.6) is 0 Å². The maximum atomic E-state index is 12.7. The average Bonchev–Trinajstić information content (AvgIpc) is 2.79. The van der Waals surface area contributed by atoms with E-state index in [1.54, 1.807) is 11.8 Å². The number of aryl methyl sites for hydroxylation is 1. The van der Waals surface area contributed by atoms with E-state index in [9.17, 15) is 18.0 Å². The number of aromatic nitrogens is 2. The zero-order chi connectivity index (χ0) is 15.8. The first-order valence-corrected chi connectivity index (χ1v) is 7.12. The molecule has 118 valence electrons. The van der Waals surface area contributed by atoms with Gasteiger partial charge in [-0.15, -0.1) is 0 Å². The van der Waals surface area contributed by atoms with Crippen LogP contribution in [-0.2, 0) is 11.0 Å². The first-order valence-electron chi connectivity index (χ1n) is 7.12. The molecule has 0 aliphatic carbocycles. The number of hydrogen-bond donors (Lipinski definition) is 0. The predicted octanol–water partition coefficient (Wildman–Crippen LogP) is 3.03. The van der Waals surface area contributed by atoms with Crippen LogP contribution in [-0.4, -0.2) is 33.7 Å². The van der Waals surface area contributed by atoms with E-state index in [0.717, 1.165) is 18.9 Å². The molecule has 2 rings (SSSR count). The van der Waals surface area contributed by atoms with Crippen molar-refractivity contribution in [1.29, 1.82) is 0 Å². The van der Waals surface area contributed by atoms with Crippen LogP contribution in [0.15, 0.2) is 6.07 Å². The smallest absolute Gasteiger partial charge is 0.341 e. The van der Waals surface area contributed by atoms with Gasteiger partial charge in [-0.3, -0.25) is 9.48 Å². The highest BCUT2D eigenvalue weighted by atomic mass is 19.4. The molecule has 4 nitrogen and oxygen atoms in total. The normalized spacial score (nSPS) is 21.4. The monoisotopic (exact) mass is 303 g/mol. The van der Waals surface area contributed by atoms with Crippen LogP contribution in [0.3, 0.4) is 0 Å². The number of amides is 1. The number of halogens is 3. The average molecular weight is 303 g/mol. The Morgan fingerprint density at radius 2 is 2.14 bits per heavy atom. The first-order chi connectivity index (χ1) is 9.70. The van der Waals surface area contributed by atoms with Crippen molar-refractivity contribution in [1.82, 2.24) is 14.7 Å². The molecule has 2 atom stereocenters. The molecule has 0 bridgehead atoms. The number of carbonyl (C=O) groups is 1. The van der Waals surface area contributed by atoms with Gasteiger partial charge >= 0.3 is 6.18 Å². The van der Waals surface area contributed by atoms with Crippen molar-refractivity contribution in [3.63, 3.8) is 0 Å². The molecule has 1 saturated heterocycles. The van der Waals surface area contributed by atoms with E-state index in [4.69, 9.17) is 0 Å². The molecule has 1 aliphatic heterocycles. The Morgan fingerprint density at radius 3 is 2.67 bits per heavy atom. The fourth-order valence-corrected chi connectivity index (χ4v) is 2.78. The van der Waals surface area contributed by atoms with Gasteiger partial charge in [-0.25, -0.2) is 0 Å². The van der Waals surface area contributed by atoms with Crippen LogP contribution in [0.2, 0.25) is 0 Å². The van der Waals surface area contributed by atoms with E-state index >= 15 is 0 Å². The van der Waals surface area contributed by atoms with E-state index in [-0.39, 0.29) is 5.91 Å². The summed E-state index contributed by atoms with van der Waals surface area (Å²) < 4.78 is 39.2. The standard InChI is InChI=1S/C14H20F3N3O/c1-9-5-4-6-19(8-9)13(21)11(3)20-10(2)7-12(18-20)14(15,16)17/h7,9,11H,4-6,8H2,1-3H3/t9-,11-/m1/s1. The summed E-state index contributed by atoms with van der Waals surface area (Å²) in [5, 5.41) is 3.56. The van der Waals surface area contributed by atoms with Crippen molar-refractivity contribution < 1.29 is 18.0 Å². The summed E-state index contributed by atoms with van der Waals surface area (Å²) in [5.41, 5.74) is -0.611. The van der Waals surface area contributed by atoms with Gasteiger partial charge in [-0.05, 0) is 38.7 Å². The lowest BCUT2D eigenvalue weighted by atomic mass is 10.00. The minimum absolute atomic E-state index is 0.165. The Morgan fingerprint density at radius 1 is 1.48 bits per heavy atom. The minimum atomic E-state index is -4.49. The lowest BCUT2D eigenvalue weighted by Gasteiger charge is -2.33. The maximum Gasteiger partial charge on any atom is 0.435 e. The van der Waals surface area contributed by atoms with E-state index in [1.165, 1.54) is 11.6 Å². The van der Waals surface area contributed by atoms with Crippen LogP contribution in [0.1, 0.15) is 44.1 Å². The molecule has 1 amide bonds. The Balaban J connectivity index is 2.17. The zero-order valence-corrected chi connectivity index (χ0v) is 12.4. The number of hydrogen-bond acceptors (Lipinski definition) is 2. The summed E-state index contributed by atoms with van der Waals surface area (Å²) in [4.78, 5) is 14.2. The highest BCUT2D eigenvalue weighted by molar-refractivity contribution is 5.80. The highest BCUT2D eigenvalue weighted by Gasteiger charge is 2.36. The van der Waals surface area contributed by atoms with Crippen LogP contribution < -0.4 is 0 Å². The molecule has 0 unspecified atom stereocenters. The molecule has 0 saturated carbocycles. The van der Waals surface area contributed by atoms with Crippen molar-refractivity contribution in [3.8, 4) is 0 Å². The van der Waals surface area contributed by atoms with Crippen molar-refractivity contribution in [2.45, 2.75) is 45.8 Å². The van der Waals surface area contributed by atoms with Crippen LogP contribution in [0, 0.1) is 12.8 Å². The van der Waals surface area contributed by atoms with E-state index in [2.05, 4.69) is 12.0 Å². The fraction of sp³-hybridized carbons (Fsp3) is 0.714. The summed E-state index contributed by atoms with van der Waals surface area (Å²) in [7, 11) is 0. The highest BCUT2D eigenvalue weighted by Crippen LogP contribution is 2.29. The fourth-order valence-electron chi connectivity index (χ4n) is 2.78. The lowest BCUT2D eigenvalue weighted by Crippen LogP contribution is -2.42. The zero-order valence-electron chi connectivity index (χ0n) is 12.4. The first kappa shape index (κ1) is 15.9. The van der Waals surface area contributed by atoms with Gasteiger partial charge in [-0.2, -0.15) is 18.3 Å². The third-order valence-corrected chi connectivity index (χ3v) is 3.91. The van der Waals surface area contributed by atoms with Gasteiger partial charge in [0.1, 0.15) is 6.04 Å². The molecule has 0 aromatic carbocycles. The van der Waals surface area contributed by atoms with Crippen LogP contribution in [0.4, 0.5) is 13.2 Å². The van der Waals surface area contributed by atoms with Gasteiger partial charge in [0.15, 0.2) is 5.69 Å². The molecule has 1 aromatic heterocycles. The van der Waals surface area contributed by atoms with E-state index in [0.29, 0.717) is 24.7 Å². The summed E-state index contributed by atoms with van der Waals surface area (Å²) >= 11 is 0. The Hall–Kier alpha value is -1.53. The summed E-state index contributed by atoms with van der Waals surface area (Å²) in [6.45, 7) is 6.53. The summed E-state index contributed by atoms with van der Waals surface area (Å²) in [6.07, 6.45) is -2.47. The molecule has 7 heteroatoms. The number of rotatable bonds is 2. The van der Waals surface area contributed by atoms with Gasteiger partial charge in [0.25, 0.3) is 0 Å². The van der Waals surface area contributed by atoms with Crippen LogP contribution >= 0.6 is 0 Å². The number of carbonyl (C=O) groups excluding carboxylic acids is 1. The second kappa shape index (κ2) is 5.69. The van der Waals surface area contributed by atoms with Crippen molar-refractivity contribution in [3.05, 3.63) is 17.5 Å². The molecule has 1 fully saturated rings. The summed E-state index contributed by atoms with van der Waals surface area (Å²) in [6, 6.07) is 0.259. The van der Waals surface area contributed by atoms with E-state index < -0.39 is 17.9 Å². The molecular weight excluding hydrogens is 283 g/mol. The molecular formula is C14H20F3N3O. The third kappa shape index (κ3) is 3.39.